The van der Waals surface area contributed by atoms with E-state index in [2.05, 4.69) is 10.2 Å². The maximum absolute atomic E-state index is 12.2. The van der Waals surface area contributed by atoms with Gasteiger partial charge in [-0.1, -0.05) is 6.42 Å². The molecule has 0 aromatic carbocycles. The lowest BCUT2D eigenvalue weighted by Crippen LogP contribution is -2.58. The second kappa shape index (κ2) is 4.93. The molecule has 4 fully saturated rings. The molecule has 4 rings (SSSR count). The number of nitro groups is 1. The van der Waals surface area contributed by atoms with Crippen LogP contribution in [0.4, 0.5) is 0 Å². The van der Waals surface area contributed by atoms with Crippen molar-refractivity contribution < 1.29 is 9.72 Å². The minimum Gasteiger partial charge on any atom is -0.352 e. The topological polar surface area (TPSA) is 75.5 Å². The van der Waals surface area contributed by atoms with E-state index in [0.717, 1.165) is 19.1 Å². The average Bonchev–Trinajstić information content (AvgIpc) is 3.30. The molecule has 4 aliphatic rings. The molecule has 3 saturated carbocycles. The van der Waals surface area contributed by atoms with E-state index >= 15 is 0 Å². The van der Waals surface area contributed by atoms with Crippen LogP contribution in [0.5, 0.6) is 0 Å². The van der Waals surface area contributed by atoms with Crippen molar-refractivity contribution in [1.82, 2.24) is 10.2 Å². The minimum atomic E-state index is -0.628. The number of carbonyl (C=O) groups is 1. The molecular weight excluding hydrogens is 270 g/mol. The van der Waals surface area contributed by atoms with Crippen LogP contribution in [0.2, 0.25) is 0 Å². The summed E-state index contributed by atoms with van der Waals surface area (Å²) in [5.74, 6) is 0.658. The smallest absolute Gasteiger partial charge is 0.230 e. The van der Waals surface area contributed by atoms with Gasteiger partial charge in [0.25, 0.3) is 0 Å². The normalized spacial score (nSPS) is 42.4. The van der Waals surface area contributed by atoms with Gasteiger partial charge in [-0.25, -0.2) is 0 Å². The van der Waals surface area contributed by atoms with Gasteiger partial charge < -0.3 is 5.32 Å². The van der Waals surface area contributed by atoms with Crippen molar-refractivity contribution in [1.29, 1.82) is 0 Å². The Balaban J connectivity index is 1.38. The van der Waals surface area contributed by atoms with E-state index in [1.165, 1.54) is 32.1 Å². The first kappa shape index (κ1) is 13.5. The molecule has 0 spiro atoms. The zero-order valence-corrected chi connectivity index (χ0v) is 12.2. The molecule has 0 radical (unpaired) electrons. The highest BCUT2D eigenvalue weighted by atomic mass is 16.6. The number of amides is 1. The molecule has 1 aliphatic heterocycles. The van der Waals surface area contributed by atoms with E-state index in [1.807, 2.05) is 0 Å². The molecule has 1 N–H and O–H groups in total. The summed E-state index contributed by atoms with van der Waals surface area (Å²) < 4.78 is 0. The van der Waals surface area contributed by atoms with Gasteiger partial charge in [0.2, 0.25) is 11.9 Å². The van der Waals surface area contributed by atoms with Crippen LogP contribution in [-0.2, 0) is 4.79 Å². The highest BCUT2D eigenvalue weighted by Crippen LogP contribution is 2.40. The third kappa shape index (κ3) is 2.54. The lowest BCUT2D eigenvalue weighted by Gasteiger charge is -2.47. The summed E-state index contributed by atoms with van der Waals surface area (Å²) in [4.78, 5) is 25.2. The van der Waals surface area contributed by atoms with Crippen molar-refractivity contribution in [2.45, 2.75) is 56.7 Å². The Morgan fingerprint density at radius 2 is 1.81 bits per heavy atom. The number of nitrogens with zero attached hydrogens (tertiary/aromatic N) is 2. The molecule has 4 atom stereocenters. The lowest BCUT2D eigenvalue weighted by molar-refractivity contribution is -0.497. The monoisotopic (exact) mass is 293 g/mol. The van der Waals surface area contributed by atoms with Gasteiger partial charge in [-0.2, -0.15) is 0 Å². The van der Waals surface area contributed by atoms with E-state index in [0.29, 0.717) is 18.3 Å². The summed E-state index contributed by atoms with van der Waals surface area (Å²) in [5, 5.41) is 13.9. The number of fused-ring (bicyclic) bond motifs is 2. The van der Waals surface area contributed by atoms with Gasteiger partial charge >= 0.3 is 0 Å². The zero-order chi connectivity index (χ0) is 14.6. The van der Waals surface area contributed by atoms with Crippen LogP contribution in [0.25, 0.3) is 0 Å². The third-order valence-electron chi connectivity index (χ3n) is 5.84. The number of likely N-dealkylation sites (tertiary alicyclic amines) is 1. The molecule has 21 heavy (non-hydrogen) atoms. The summed E-state index contributed by atoms with van der Waals surface area (Å²) in [6.45, 7) is 2.21. The van der Waals surface area contributed by atoms with Crippen LogP contribution < -0.4 is 5.32 Å². The predicted molar refractivity (Wildman–Crippen MR) is 76.2 cm³/mol. The van der Waals surface area contributed by atoms with E-state index in [-0.39, 0.29) is 22.8 Å². The van der Waals surface area contributed by atoms with Gasteiger partial charge in [-0.15, -0.1) is 0 Å². The molecule has 6 nitrogen and oxygen atoms in total. The van der Waals surface area contributed by atoms with Gasteiger partial charge in [0.1, 0.15) is 5.92 Å². The number of hydrogen-bond donors (Lipinski definition) is 1. The largest absolute Gasteiger partial charge is 0.352 e. The highest BCUT2D eigenvalue weighted by molar-refractivity contribution is 5.82. The number of nitrogens with one attached hydrogen (secondary N) is 1. The SMILES string of the molecule is O=C(NC1[C@H]2CCC[C@H]1CN(C1CC1)C2)[C@@H]1C[C@H]1[N+](=O)[O-]. The predicted octanol–water partition coefficient (Wildman–Crippen LogP) is 1.03. The Morgan fingerprint density at radius 3 is 2.33 bits per heavy atom. The third-order valence-corrected chi connectivity index (χ3v) is 5.84. The van der Waals surface area contributed by atoms with Gasteiger partial charge in [-0.3, -0.25) is 19.8 Å². The first-order chi connectivity index (χ1) is 10.1. The molecule has 6 heteroatoms. The second-order valence-electron chi connectivity index (χ2n) is 7.37. The fourth-order valence-electron chi connectivity index (χ4n) is 4.41. The van der Waals surface area contributed by atoms with E-state index < -0.39 is 6.04 Å². The van der Waals surface area contributed by atoms with Crippen molar-refractivity contribution in [2.75, 3.05) is 13.1 Å². The van der Waals surface area contributed by atoms with Crippen LogP contribution in [0.15, 0.2) is 0 Å². The number of rotatable bonds is 4. The summed E-state index contributed by atoms with van der Waals surface area (Å²) >= 11 is 0. The van der Waals surface area contributed by atoms with Crippen molar-refractivity contribution in [2.24, 2.45) is 17.8 Å². The Labute approximate surface area is 124 Å². The zero-order valence-electron chi connectivity index (χ0n) is 12.2. The van der Waals surface area contributed by atoms with Crippen LogP contribution in [0, 0.1) is 27.9 Å². The van der Waals surface area contributed by atoms with E-state index in [1.54, 1.807) is 0 Å². The maximum atomic E-state index is 12.2. The Bertz CT molecular complexity index is 451. The molecule has 1 amide bonds. The van der Waals surface area contributed by atoms with Crippen molar-refractivity contribution in [3.63, 3.8) is 0 Å². The summed E-state index contributed by atoms with van der Waals surface area (Å²) in [6.07, 6.45) is 6.74. The fourth-order valence-corrected chi connectivity index (χ4v) is 4.41. The fraction of sp³-hybridized carbons (Fsp3) is 0.933. The molecule has 2 bridgehead atoms. The Kier molecular flexibility index (Phi) is 3.17. The van der Waals surface area contributed by atoms with Crippen LogP contribution in [0.1, 0.15) is 38.5 Å². The number of carbonyl (C=O) groups excluding carboxylic acids is 1. The second-order valence-corrected chi connectivity index (χ2v) is 7.37. The first-order valence-corrected chi connectivity index (χ1v) is 8.31. The average molecular weight is 293 g/mol. The first-order valence-electron chi connectivity index (χ1n) is 8.31. The van der Waals surface area contributed by atoms with Crippen molar-refractivity contribution in [3.8, 4) is 0 Å². The van der Waals surface area contributed by atoms with Crippen molar-refractivity contribution in [3.05, 3.63) is 10.1 Å². The molecule has 0 unspecified atom stereocenters. The quantitative estimate of drug-likeness (QED) is 0.620. The summed E-state index contributed by atoms with van der Waals surface area (Å²) in [5.41, 5.74) is 0. The Hall–Kier alpha value is -1.17. The lowest BCUT2D eigenvalue weighted by atomic mass is 9.73. The van der Waals surface area contributed by atoms with Gasteiger partial charge in [0.05, 0.1) is 0 Å². The highest BCUT2D eigenvalue weighted by Gasteiger charge is 2.54. The summed E-state index contributed by atoms with van der Waals surface area (Å²) in [7, 11) is 0. The Morgan fingerprint density at radius 1 is 1.14 bits per heavy atom. The minimum absolute atomic E-state index is 0.0709. The number of piperidine rings is 1. The van der Waals surface area contributed by atoms with Gasteiger partial charge in [0, 0.05) is 36.5 Å². The molecule has 0 aromatic heterocycles. The molecule has 0 aromatic rings. The van der Waals surface area contributed by atoms with Gasteiger partial charge in [-0.05, 0) is 37.5 Å². The standard InChI is InChI=1S/C15H23N3O3/c19-15(12-6-13(12)18(20)21)16-14-9-2-1-3-10(14)8-17(7-9)11-4-5-11/h9-14H,1-8H2,(H,16,19)/t9-,10-,12+,13+/m0/s1. The van der Waals surface area contributed by atoms with E-state index in [4.69, 9.17) is 0 Å². The van der Waals surface area contributed by atoms with Crippen LogP contribution in [-0.4, -0.2) is 46.9 Å². The van der Waals surface area contributed by atoms with Crippen molar-refractivity contribution >= 4 is 5.91 Å². The molecule has 1 saturated heterocycles. The molecule has 116 valence electrons. The van der Waals surface area contributed by atoms with Crippen LogP contribution >= 0.6 is 0 Å². The van der Waals surface area contributed by atoms with Gasteiger partial charge in [0.15, 0.2) is 0 Å². The maximum Gasteiger partial charge on any atom is 0.230 e. The van der Waals surface area contributed by atoms with E-state index in [9.17, 15) is 14.9 Å². The van der Waals surface area contributed by atoms with Crippen LogP contribution in [0.3, 0.4) is 0 Å². The number of hydrogen-bond acceptors (Lipinski definition) is 4. The molecular formula is C15H23N3O3. The molecule has 3 aliphatic carbocycles. The summed E-state index contributed by atoms with van der Waals surface area (Å²) in [6, 6.07) is 0.428. The molecule has 1 heterocycles.